The minimum absolute atomic E-state index is 0.0555. The van der Waals surface area contributed by atoms with Crippen LogP contribution in [0.4, 0.5) is 0 Å². The molecule has 1 amide bonds. The minimum atomic E-state index is -0.163. The highest BCUT2D eigenvalue weighted by Crippen LogP contribution is 2.22. The summed E-state index contributed by atoms with van der Waals surface area (Å²) in [7, 11) is 1.41. The van der Waals surface area contributed by atoms with Gasteiger partial charge in [0.15, 0.2) is 0 Å². The Morgan fingerprint density at radius 3 is 2.58 bits per heavy atom. The van der Waals surface area contributed by atoms with E-state index in [9.17, 15) is 9.59 Å². The molecule has 0 unspecified atom stereocenters. The standard InChI is InChI=1S/C21H28N2O3/c1-15(2)19-14-17(16-10-7-8-11-18(16)23-19)21(25)22-13-9-5-4-6-12-20(24)26-3/h7-8,10-11,14-15H,4-6,9,12-13H2,1-3H3,(H,22,25). The number of nitrogens with one attached hydrogen (secondary N) is 1. The lowest BCUT2D eigenvalue weighted by Crippen LogP contribution is -2.25. The van der Waals surface area contributed by atoms with Crippen molar-refractivity contribution in [1.29, 1.82) is 0 Å². The van der Waals surface area contributed by atoms with Gasteiger partial charge in [-0.3, -0.25) is 14.6 Å². The van der Waals surface area contributed by atoms with Crippen molar-refractivity contribution in [2.24, 2.45) is 0 Å². The maximum absolute atomic E-state index is 12.7. The van der Waals surface area contributed by atoms with Crippen LogP contribution in [-0.2, 0) is 9.53 Å². The van der Waals surface area contributed by atoms with Crippen LogP contribution in [0.3, 0.4) is 0 Å². The van der Waals surface area contributed by atoms with E-state index in [0.29, 0.717) is 18.5 Å². The molecule has 1 aromatic heterocycles. The number of methoxy groups -OCH3 is 1. The van der Waals surface area contributed by atoms with Crippen LogP contribution in [0.15, 0.2) is 30.3 Å². The average Bonchev–Trinajstić information content (AvgIpc) is 2.65. The van der Waals surface area contributed by atoms with Crippen molar-refractivity contribution in [3.8, 4) is 0 Å². The van der Waals surface area contributed by atoms with E-state index in [2.05, 4.69) is 28.9 Å². The molecule has 0 atom stereocenters. The van der Waals surface area contributed by atoms with E-state index < -0.39 is 0 Å². The molecule has 5 heteroatoms. The lowest BCUT2D eigenvalue weighted by Gasteiger charge is -2.12. The van der Waals surface area contributed by atoms with Gasteiger partial charge in [0, 0.05) is 24.0 Å². The van der Waals surface area contributed by atoms with Crippen molar-refractivity contribution in [2.75, 3.05) is 13.7 Å². The molecule has 0 saturated heterocycles. The third kappa shape index (κ3) is 5.55. The third-order valence-electron chi connectivity index (χ3n) is 4.39. The Hall–Kier alpha value is -2.43. The Bertz CT molecular complexity index is 756. The summed E-state index contributed by atoms with van der Waals surface area (Å²) in [4.78, 5) is 28.3. The van der Waals surface area contributed by atoms with E-state index in [-0.39, 0.29) is 17.8 Å². The Balaban J connectivity index is 1.90. The number of carbonyl (C=O) groups is 2. The van der Waals surface area contributed by atoms with Crippen molar-refractivity contribution < 1.29 is 14.3 Å². The number of nitrogens with zero attached hydrogens (tertiary/aromatic N) is 1. The molecule has 0 spiro atoms. The van der Waals surface area contributed by atoms with Crippen LogP contribution < -0.4 is 5.32 Å². The maximum atomic E-state index is 12.7. The maximum Gasteiger partial charge on any atom is 0.305 e. The lowest BCUT2D eigenvalue weighted by atomic mass is 10.0. The molecule has 0 aliphatic heterocycles. The number of unbranched alkanes of at least 4 members (excludes halogenated alkanes) is 3. The summed E-state index contributed by atoms with van der Waals surface area (Å²) < 4.78 is 4.62. The van der Waals surface area contributed by atoms with Crippen molar-refractivity contribution in [2.45, 2.75) is 51.9 Å². The molecule has 0 aliphatic carbocycles. The number of para-hydroxylation sites is 1. The normalized spacial score (nSPS) is 10.9. The Morgan fingerprint density at radius 1 is 1.12 bits per heavy atom. The minimum Gasteiger partial charge on any atom is -0.469 e. The van der Waals surface area contributed by atoms with Crippen LogP contribution in [0, 0.1) is 0 Å². The second kappa shape index (κ2) is 9.90. The fraction of sp³-hybridized carbons (Fsp3) is 0.476. The van der Waals surface area contributed by atoms with E-state index in [1.807, 2.05) is 30.3 Å². The summed E-state index contributed by atoms with van der Waals surface area (Å²) in [6, 6.07) is 9.65. The van der Waals surface area contributed by atoms with Crippen molar-refractivity contribution in [3.63, 3.8) is 0 Å². The highest BCUT2D eigenvalue weighted by Gasteiger charge is 2.14. The number of carbonyl (C=O) groups excluding carboxylic acids is 2. The van der Waals surface area contributed by atoms with Gasteiger partial charge in [-0.1, -0.05) is 44.9 Å². The van der Waals surface area contributed by atoms with Gasteiger partial charge in [0.05, 0.1) is 18.2 Å². The Kier molecular flexibility index (Phi) is 7.57. The topological polar surface area (TPSA) is 68.3 Å². The average molecular weight is 356 g/mol. The molecule has 0 saturated carbocycles. The van der Waals surface area contributed by atoms with Gasteiger partial charge in [0.1, 0.15) is 0 Å². The second-order valence-electron chi connectivity index (χ2n) is 6.76. The first kappa shape index (κ1) is 19.9. The second-order valence-corrected chi connectivity index (χ2v) is 6.76. The largest absolute Gasteiger partial charge is 0.469 e. The molecule has 0 bridgehead atoms. The molecular weight excluding hydrogens is 328 g/mol. The van der Waals surface area contributed by atoms with Gasteiger partial charge in [-0.2, -0.15) is 0 Å². The van der Waals surface area contributed by atoms with Crippen molar-refractivity contribution in [1.82, 2.24) is 10.3 Å². The third-order valence-corrected chi connectivity index (χ3v) is 4.39. The van der Waals surface area contributed by atoms with Crippen LogP contribution in [0.1, 0.15) is 67.9 Å². The van der Waals surface area contributed by atoms with Crippen LogP contribution in [-0.4, -0.2) is 30.5 Å². The molecule has 26 heavy (non-hydrogen) atoms. The number of pyridine rings is 1. The number of esters is 1. The number of benzene rings is 1. The summed E-state index contributed by atoms with van der Waals surface area (Å²) in [5, 5.41) is 3.89. The number of ether oxygens (including phenoxy) is 1. The molecule has 140 valence electrons. The highest BCUT2D eigenvalue weighted by molar-refractivity contribution is 6.06. The zero-order valence-corrected chi connectivity index (χ0v) is 15.9. The van der Waals surface area contributed by atoms with E-state index in [4.69, 9.17) is 0 Å². The first-order valence-corrected chi connectivity index (χ1v) is 9.27. The number of hydrogen-bond donors (Lipinski definition) is 1. The summed E-state index contributed by atoms with van der Waals surface area (Å²) in [5.74, 6) is 0.0462. The molecule has 1 aromatic carbocycles. The van der Waals surface area contributed by atoms with Crippen LogP contribution in [0.25, 0.3) is 10.9 Å². The molecule has 2 aromatic rings. The summed E-state index contributed by atoms with van der Waals surface area (Å²) >= 11 is 0. The monoisotopic (exact) mass is 356 g/mol. The molecule has 0 aliphatic rings. The van der Waals surface area contributed by atoms with Gasteiger partial charge in [-0.05, 0) is 30.9 Å². The van der Waals surface area contributed by atoms with E-state index in [1.54, 1.807) is 0 Å². The van der Waals surface area contributed by atoms with Gasteiger partial charge in [0.2, 0.25) is 0 Å². The summed E-state index contributed by atoms with van der Waals surface area (Å²) in [5.41, 5.74) is 2.47. The molecule has 0 fully saturated rings. The first-order valence-electron chi connectivity index (χ1n) is 9.27. The van der Waals surface area contributed by atoms with Gasteiger partial charge in [0.25, 0.3) is 5.91 Å². The number of aromatic nitrogens is 1. The van der Waals surface area contributed by atoms with Gasteiger partial charge in [-0.15, -0.1) is 0 Å². The zero-order valence-electron chi connectivity index (χ0n) is 15.9. The number of rotatable bonds is 9. The predicted molar refractivity (Wildman–Crippen MR) is 103 cm³/mol. The van der Waals surface area contributed by atoms with Gasteiger partial charge < -0.3 is 10.1 Å². The highest BCUT2D eigenvalue weighted by atomic mass is 16.5. The lowest BCUT2D eigenvalue weighted by molar-refractivity contribution is -0.140. The van der Waals surface area contributed by atoms with E-state index in [0.717, 1.165) is 42.3 Å². The van der Waals surface area contributed by atoms with Gasteiger partial charge >= 0.3 is 5.97 Å². The molecule has 5 nitrogen and oxygen atoms in total. The Morgan fingerprint density at radius 2 is 1.85 bits per heavy atom. The molecule has 1 N–H and O–H groups in total. The van der Waals surface area contributed by atoms with Gasteiger partial charge in [-0.25, -0.2) is 0 Å². The number of amides is 1. The van der Waals surface area contributed by atoms with Crippen LogP contribution in [0.2, 0.25) is 0 Å². The smallest absolute Gasteiger partial charge is 0.305 e. The van der Waals surface area contributed by atoms with E-state index >= 15 is 0 Å². The predicted octanol–water partition coefficient (Wildman–Crippen LogP) is 4.21. The summed E-state index contributed by atoms with van der Waals surface area (Å²) in [6.07, 6.45) is 4.12. The first-order chi connectivity index (χ1) is 12.5. The van der Waals surface area contributed by atoms with Crippen LogP contribution >= 0.6 is 0 Å². The number of fused-ring (bicyclic) bond motifs is 1. The quantitative estimate of drug-likeness (QED) is 0.540. The van der Waals surface area contributed by atoms with Crippen molar-refractivity contribution >= 4 is 22.8 Å². The fourth-order valence-corrected chi connectivity index (χ4v) is 2.83. The number of hydrogen-bond acceptors (Lipinski definition) is 4. The Labute approximate surface area is 155 Å². The SMILES string of the molecule is COC(=O)CCCCCCNC(=O)c1cc(C(C)C)nc2ccccc12. The fourth-order valence-electron chi connectivity index (χ4n) is 2.83. The van der Waals surface area contributed by atoms with E-state index in [1.165, 1.54) is 7.11 Å². The molecular formula is C21H28N2O3. The zero-order chi connectivity index (χ0) is 18.9. The molecule has 0 radical (unpaired) electrons. The van der Waals surface area contributed by atoms with Crippen LogP contribution in [0.5, 0.6) is 0 Å². The molecule has 1 heterocycles. The van der Waals surface area contributed by atoms with Crippen molar-refractivity contribution in [3.05, 3.63) is 41.6 Å². The molecule has 2 rings (SSSR count). The summed E-state index contributed by atoms with van der Waals surface area (Å²) in [6.45, 7) is 4.78.